The summed E-state index contributed by atoms with van der Waals surface area (Å²) in [5, 5.41) is 11.8. The van der Waals surface area contributed by atoms with Gasteiger partial charge in [0.25, 0.3) is 0 Å². The van der Waals surface area contributed by atoms with Crippen molar-refractivity contribution in [2.24, 2.45) is 0 Å². The van der Waals surface area contributed by atoms with E-state index in [2.05, 4.69) is 5.32 Å². The highest BCUT2D eigenvalue weighted by atomic mass is 16.3. The fourth-order valence-electron chi connectivity index (χ4n) is 1.33. The van der Waals surface area contributed by atoms with E-state index >= 15 is 0 Å². The second-order valence-electron chi connectivity index (χ2n) is 3.26. The number of phenols is 1. The Morgan fingerprint density at radius 1 is 1.43 bits per heavy atom. The number of benzene rings is 1. The lowest BCUT2D eigenvalue weighted by Gasteiger charge is -2.13. The van der Waals surface area contributed by atoms with Crippen LogP contribution in [0.15, 0.2) is 24.3 Å². The van der Waals surface area contributed by atoms with Gasteiger partial charge >= 0.3 is 0 Å². The average Bonchev–Trinajstić information content (AvgIpc) is 2.20. The molecule has 3 nitrogen and oxygen atoms in total. The first kappa shape index (κ1) is 10.6. The van der Waals surface area contributed by atoms with Gasteiger partial charge in [0.05, 0.1) is 0 Å². The maximum atomic E-state index is 10.3. The van der Waals surface area contributed by atoms with E-state index in [1.165, 1.54) is 0 Å². The number of hydrogen-bond donors (Lipinski definition) is 2. The molecule has 0 saturated carbocycles. The average molecular weight is 193 g/mol. The summed E-state index contributed by atoms with van der Waals surface area (Å²) < 4.78 is 0. The molecule has 0 spiro atoms. The van der Waals surface area contributed by atoms with Crippen LogP contribution < -0.4 is 5.32 Å². The summed E-state index contributed by atoms with van der Waals surface area (Å²) in [5.41, 5.74) is 1.11. The molecular weight excluding hydrogens is 178 g/mol. The number of amides is 1. The molecule has 1 rings (SSSR count). The van der Waals surface area contributed by atoms with E-state index < -0.39 is 0 Å². The molecule has 76 valence electrons. The monoisotopic (exact) mass is 193 g/mol. The summed E-state index contributed by atoms with van der Waals surface area (Å²) in [5.74, 6) is 0.269. The molecule has 1 unspecified atom stereocenters. The lowest BCUT2D eigenvalue weighted by molar-refractivity contribution is -0.110. The molecule has 0 aliphatic rings. The normalized spacial score (nSPS) is 12.1. The standard InChI is InChI=1S/C11H15NO2/c1-2-10(12-8-13)7-9-3-5-11(14)6-4-9/h3-6,8,10,14H,2,7H2,1H3,(H,12,13). The SMILES string of the molecule is CCC(Cc1ccc(O)cc1)NC=O. The van der Waals surface area contributed by atoms with Crippen LogP contribution in [0.3, 0.4) is 0 Å². The molecule has 2 N–H and O–H groups in total. The Labute approximate surface area is 83.8 Å². The number of carbonyl (C=O) groups is 1. The first-order chi connectivity index (χ1) is 6.76. The molecule has 0 heterocycles. The molecule has 1 aromatic carbocycles. The van der Waals surface area contributed by atoms with E-state index in [9.17, 15) is 4.79 Å². The summed E-state index contributed by atoms with van der Waals surface area (Å²) in [6.07, 6.45) is 2.43. The van der Waals surface area contributed by atoms with Crippen LogP contribution >= 0.6 is 0 Å². The van der Waals surface area contributed by atoms with Crippen LogP contribution in [0.1, 0.15) is 18.9 Å². The maximum Gasteiger partial charge on any atom is 0.207 e. The van der Waals surface area contributed by atoms with Crippen molar-refractivity contribution in [1.29, 1.82) is 0 Å². The molecule has 0 radical (unpaired) electrons. The quantitative estimate of drug-likeness (QED) is 0.695. The lowest BCUT2D eigenvalue weighted by atomic mass is 10.0. The summed E-state index contributed by atoms with van der Waals surface area (Å²) >= 11 is 0. The molecule has 0 bridgehead atoms. The van der Waals surface area contributed by atoms with Crippen LogP contribution in [0.5, 0.6) is 5.75 Å². The number of hydrogen-bond acceptors (Lipinski definition) is 2. The minimum atomic E-state index is 0.178. The summed E-state index contributed by atoms with van der Waals surface area (Å²) in [7, 11) is 0. The zero-order valence-corrected chi connectivity index (χ0v) is 8.23. The van der Waals surface area contributed by atoms with Gasteiger partial charge in [-0.25, -0.2) is 0 Å². The van der Waals surface area contributed by atoms with Crippen LogP contribution in [-0.4, -0.2) is 17.6 Å². The Bertz CT molecular complexity index is 282. The summed E-state index contributed by atoms with van der Waals surface area (Å²) in [4.78, 5) is 10.3. The van der Waals surface area contributed by atoms with Crippen LogP contribution in [-0.2, 0) is 11.2 Å². The second kappa shape index (κ2) is 5.27. The van der Waals surface area contributed by atoms with E-state index in [0.29, 0.717) is 0 Å². The Hall–Kier alpha value is -1.51. The van der Waals surface area contributed by atoms with Gasteiger partial charge in [0.15, 0.2) is 0 Å². The lowest BCUT2D eigenvalue weighted by Crippen LogP contribution is -2.28. The van der Waals surface area contributed by atoms with Gasteiger partial charge in [0.2, 0.25) is 6.41 Å². The van der Waals surface area contributed by atoms with Gasteiger partial charge in [-0.1, -0.05) is 19.1 Å². The fraction of sp³-hybridized carbons (Fsp3) is 0.364. The third kappa shape index (κ3) is 3.09. The first-order valence-corrected chi connectivity index (χ1v) is 4.74. The van der Waals surface area contributed by atoms with Crippen molar-refractivity contribution in [3.8, 4) is 5.75 Å². The minimum Gasteiger partial charge on any atom is -0.508 e. The van der Waals surface area contributed by atoms with Gasteiger partial charge in [-0.3, -0.25) is 4.79 Å². The van der Waals surface area contributed by atoms with Crippen molar-refractivity contribution in [3.05, 3.63) is 29.8 Å². The largest absolute Gasteiger partial charge is 0.508 e. The van der Waals surface area contributed by atoms with Gasteiger partial charge in [-0.2, -0.15) is 0 Å². The molecule has 0 aromatic heterocycles. The fourth-order valence-corrected chi connectivity index (χ4v) is 1.33. The molecular formula is C11H15NO2. The number of phenolic OH excluding ortho intramolecular Hbond substituents is 1. The molecule has 1 atom stereocenters. The minimum absolute atomic E-state index is 0.178. The smallest absolute Gasteiger partial charge is 0.207 e. The third-order valence-electron chi connectivity index (χ3n) is 2.21. The predicted molar refractivity (Wildman–Crippen MR) is 55.1 cm³/mol. The van der Waals surface area contributed by atoms with Gasteiger partial charge in [0, 0.05) is 6.04 Å². The van der Waals surface area contributed by atoms with E-state index in [1.807, 2.05) is 19.1 Å². The third-order valence-corrected chi connectivity index (χ3v) is 2.21. The Balaban J connectivity index is 2.57. The van der Waals surface area contributed by atoms with E-state index in [-0.39, 0.29) is 11.8 Å². The molecule has 0 saturated heterocycles. The van der Waals surface area contributed by atoms with Crippen molar-refractivity contribution >= 4 is 6.41 Å². The van der Waals surface area contributed by atoms with Gasteiger partial charge < -0.3 is 10.4 Å². The van der Waals surface area contributed by atoms with E-state index in [1.54, 1.807) is 12.1 Å². The highest BCUT2D eigenvalue weighted by molar-refractivity contribution is 5.46. The second-order valence-corrected chi connectivity index (χ2v) is 3.26. The Morgan fingerprint density at radius 3 is 2.57 bits per heavy atom. The highest BCUT2D eigenvalue weighted by Gasteiger charge is 2.05. The number of aromatic hydroxyl groups is 1. The molecule has 1 aromatic rings. The molecule has 0 fully saturated rings. The van der Waals surface area contributed by atoms with Gasteiger partial charge in [-0.05, 0) is 30.5 Å². The van der Waals surface area contributed by atoms with Crippen LogP contribution in [0.4, 0.5) is 0 Å². The van der Waals surface area contributed by atoms with Crippen LogP contribution in [0.25, 0.3) is 0 Å². The van der Waals surface area contributed by atoms with Crippen molar-refractivity contribution < 1.29 is 9.90 Å². The molecule has 0 aliphatic carbocycles. The zero-order valence-electron chi connectivity index (χ0n) is 8.23. The van der Waals surface area contributed by atoms with E-state index in [0.717, 1.165) is 24.8 Å². The summed E-state index contributed by atoms with van der Waals surface area (Å²) in [6.45, 7) is 2.03. The first-order valence-electron chi connectivity index (χ1n) is 4.74. The van der Waals surface area contributed by atoms with Crippen LogP contribution in [0, 0.1) is 0 Å². The number of nitrogens with one attached hydrogen (secondary N) is 1. The molecule has 1 amide bonds. The molecule has 3 heteroatoms. The van der Waals surface area contributed by atoms with Gasteiger partial charge in [-0.15, -0.1) is 0 Å². The Kier molecular flexibility index (Phi) is 3.98. The van der Waals surface area contributed by atoms with Gasteiger partial charge in [0.1, 0.15) is 5.75 Å². The van der Waals surface area contributed by atoms with E-state index in [4.69, 9.17) is 5.11 Å². The topological polar surface area (TPSA) is 49.3 Å². The molecule has 14 heavy (non-hydrogen) atoms. The molecule has 0 aliphatic heterocycles. The highest BCUT2D eigenvalue weighted by Crippen LogP contribution is 2.11. The van der Waals surface area contributed by atoms with Crippen molar-refractivity contribution in [3.63, 3.8) is 0 Å². The van der Waals surface area contributed by atoms with Crippen molar-refractivity contribution in [2.45, 2.75) is 25.8 Å². The summed E-state index contributed by atoms with van der Waals surface area (Å²) in [6, 6.07) is 7.22. The number of carbonyl (C=O) groups excluding carboxylic acids is 1. The Morgan fingerprint density at radius 2 is 2.07 bits per heavy atom. The van der Waals surface area contributed by atoms with Crippen molar-refractivity contribution in [1.82, 2.24) is 5.32 Å². The van der Waals surface area contributed by atoms with Crippen molar-refractivity contribution in [2.75, 3.05) is 0 Å². The zero-order chi connectivity index (χ0) is 10.4. The maximum absolute atomic E-state index is 10.3. The predicted octanol–water partition coefficient (Wildman–Crippen LogP) is 1.46. The number of rotatable bonds is 5. The van der Waals surface area contributed by atoms with Crippen LogP contribution in [0.2, 0.25) is 0 Å².